The van der Waals surface area contributed by atoms with Crippen molar-refractivity contribution in [3.8, 4) is 22.8 Å². The first kappa shape index (κ1) is 45.5. The number of carboxylic acids is 1. The fourth-order valence-corrected chi connectivity index (χ4v) is 7.63. The van der Waals surface area contributed by atoms with E-state index in [-0.39, 0.29) is 59.3 Å². The summed E-state index contributed by atoms with van der Waals surface area (Å²) in [6.45, 7) is 12.9. The summed E-state index contributed by atoms with van der Waals surface area (Å²) in [6.07, 6.45) is -5.17. The molecule has 2 aromatic heterocycles. The van der Waals surface area contributed by atoms with Crippen LogP contribution in [0, 0.1) is 5.82 Å². The maximum absolute atomic E-state index is 15.7. The van der Waals surface area contributed by atoms with Crippen molar-refractivity contribution in [1.29, 1.82) is 0 Å². The van der Waals surface area contributed by atoms with E-state index in [0.29, 0.717) is 24.5 Å². The summed E-state index contributed by atoms with van der Waals surface area (Å²) in [6, 6.07) is 9.45. The van der Waals surface area contributed by atoms with Crippen LogP contribution in [-0.2, 0) is 39.2 Å². The number of pyridine rings is 1. The standard InChI is InChI=1S/C37H51F4N5O8SSi2/c1-45(55(3,49)50)30-11-10-26(51-2)16-25(30)21-42-35-33-31(46(44-34(33)36(47)48)22-52-12-14-56(4,5)6)19-29(43-35)27-18-28(38)32(17-24(27)20-37(39,40)41)54-23-53-13-15-57(7,8)9/h10-11,16-19H,12-15,20-23H2,1-9H3,(H,42,43)(H,47,48). The number of aromatic nitrogens is 3. The fraction of sp³-hybridized carbons (Fsp3) is 0.486. The smallest absolute Gasteiger partial charge is 0.393 e. The minimum absolute atomic E-state index is 0.00535. The second-order valence-electron chi connectivity index (χ2n) is 16.0. The zero-order valence-corrected chi connectivity index (χ0v) is 36.5. The summed E-state index contributed by atoms with van der Waals surface area (Å²) in [4.78, 5) is 17.2. The Labute approximate surface area is 332 Å². The first-order chi connectivity index (χ1) is 26.4. The topological polar surface area (TPSA) is 154 Å². The van der Waals surface area contributed by atoms with E-state index in [1.54, 1.807) is 12.1 Å². The van der Waals surface area contributed by atoms with E-state index >= 15 is 4.39 Å². The first-order valence-corrected chi connectivity index (χ1v) is 27.3. The van der Waals surface area contributed by atoms with E-state index < -0.39 is 62.0 Å². The highest BCUT2D eigenvalue weighted by atomic mass is 32.2. The number of alkyl halides is 3. The summed E-state index contributed by atoms with van der Waals surface area (Å²) < 4.78 is 108. The largest absolute Gasteiger partial charge is 0.497 e. The Bertz CT molecular complexity index is 2170. The molecular formula is C37H51F4N5O8SSi2. The number of sulfonamides is 1. The fourth-order valence-electron chi connectivity index (χ4n) is 5.58. The van der Waals surface area contributed by atoms with E-state index in [1.165, 1.54) is 31.0 Å². The van der Waals surface area contributed by atoms with Crippen LogP contribution in [-0.4, -0.2) is 97.0 Å². The van der Waals surface area contributed by atoms with Crippen molar-refractivity contribution in [2.45, 2.75) is 77.2 Å². The lowest BCUT2D eigenvalue weighted by Crippen LogP contribution is -2.26. The first-order valence-electron chi connectivity index (χ1n) is 18.0. The average Bonchev–Trinajstić information content (AvgIpc) is 3.46. The van der Waals surface area contributed by atoms with Crippen LogP contribution in [0.4, 0.5) is 29.1 Å². The number of benzene rings is 2. The van der Waals surface area contributed by atoms with Crippen molar-refractivity contribution in [2.75, 3.05) is 50.0 Å². The van der Waals surface area contributed by atoms with Gasteiger partial charge < -0.3 is 29.4 Å². The van der Waals surface area contributed by atoms with Crippen molar-refractivity contribution in [2.24, 2.45) is 0 Å². The zero-order chi connectivity index (χ0) is 42.5. The monoisotopic (exact) mass is 857 g/mol. The van der Waals surface area contributed by atoms with Gasteiger partial charge >= 0.3 is 12.1 Å². The van der Waals surface area contributed by atoms with Gasteiger partial charge in [-0.05, 0) is 59.6 Å². The van der Waals surface area contributed by atoms with Crippen LogP contribution >= 0.6 is 0 Å². The number of carbonyl (C=O) groups is 1. The van der Waals surface area contributed by atoms with Crippen molar-refractivity contribution < 1.29 is 54.8 Å². The molecule has 4 aromatic rings. The number of carboxylic acid groups (broad SMARTS) is 1. The molecule has 0 atom stereocenters. The lowest BCUT2D eigenvalue weighted by molar-refractivity contribution is -0.127. The number of rotatable bonds is 20. The maximum Gasteiger partial charge on any atom is 0.393 e. The van der Waals surface area contributed by atoms with Crippen LogP contribution in [0.15, 0.2) is 36.4 Å². The van der Waals surface area contributed by atoms with E-state index in [2.05, 4.69) is 54.7 Å². The Balaban J connectivity index is 1.89. The molecule has 0 fully saturated rings. The second-order valence-corrected chi connectivity index (χ2v) is 29.3. The number of halogens is 4. The van der Waals surface area contributed by atoms with Crippen LogP contribution in [0.2, 0.25) is 51.4 Å². The van der Waals surface area contributed by atoms with Gasteiger partial charge in [0.1, 0.15) is 18.3 Å². The second kappa shape index (κ2) is 18.1. The molecule has 0 bridgehead atoms. The Kier molecular flexibility index (Phi) is 14.5. The minimum atomic E-state index is -4.72. The van der Waals surface area contributed by atoms with Crippen LogP contribution in [0.5, 0.6) is 11.5 Å². The van der Waals surface area contributed by atoms with Gasteiger partial charge in [-0.25, -0.2) is 27.3 Å². The Hall–Kier alpha value is -4.25. The third-order valence-electron chi connectivity index (χ3n) is 8.84. The van der Waals surface area contributed by atoms with Gasteiger partial charge in [0.25, 0.3) is 0 Å². The summed E-state index contributed by atoms with van der Waals surface area (Å²) in [5.41, 5.74) is -0.387. The van der Waals surface area contributed by atoms with E-state index in [4.69, 9.17) is 18.9 Å². The molecule has 0 amide bonds. The number of fused-ring (bicyclic) bond motifs is 1. The van der Waals surface area contributed by atoms with Gasteiger partial charge in [-0.2, -0.15) is 18.3 Å². The number of nitrogens with one attached hydrogen (secondary N) is 1. The molecule has 13 nitrogen and oxygen atoms in total. The van der Waals surface area contributed by atoms with Gasteiger partial charge in [-0.1, -0.05) is 39.3 Å². The van der Waals surface area contributed by atoms with Crippen LogP contribution in [0.25, 0.3) is 22.2 Å². The summed E-state index contributed by atoms with van der Waals surface area (Å²) in [5, 5.41) is 17.6. The molecule has 2 aromatic carbocycles. The predicted octanol–water partition coefficient (Wildman–Crippen LogP) is 8.06. The number of hydrogen-bond donors (Lipinski definition) is 2. The van der Waals surface area contributed by atoms with Gasteiger partial charge in [0.15, 0.2) is 24.1 Å². The van der Waals surface area contributed by atoms with Gasteiger partial charge in [0, 0.05) is 48.5 Å². The van der Waals surface area contributed by atoms with E-state index in [9.17, 15) is 31.5 Å². The molecule has 0 aliphatic rings. The molecule has 4 rings (SSSR count). The molecule has 0 radical (unpaired) electrons. The number of methoxy groups -OCH3 is 1. The number of aromatic carboxylic acids is 1. The van der Waals surface area contributed by atoms with E-state index in [1.807, 2.05) is 0 Å². The molecular weight excluding hydrogens is 807 g/mol. The lowest BCUT2D eigenvalue weighted by Gasteiger charge is -2.21. The van der Waals surface area contributed by atoms with Crippen molar-refractivity contribution in [1.82, 2.24) is 14.8 Å². The highest BCUT2D eigenvalue weighted by Gasteiger charge is 2.31. The molecule has 2 heterocycles. The lowest BCUT2D eigenvalue weighted by atomic mass is 9.99. The van der Waals surface area contributed by atoms with Gasteiger partial charge in [0.05, 0.1) is 42.1 Å². The normalized spacial score (nSPS) is 12.6. The van der Waals surface area contributed by atoms with Crippen molar-refractivity contribution in [3.05, 3.63) is 59.0 Å². The van der Waals surface area contributed by atoms with Gasteiger partial charge in [-0.15, -0.1) is 0 Å². The molecule has 0 unspecified atom stereocenters. The molecule has 0 aliphatic carbocycles. The Morgan fingerprint density at radius 2 is 1.63 bits per heavy atom. The quantitative estimate of drug-likeness (QED) is 0.0384. The molecule has 314 valence electrons. The van der Waals surface area contributed by atoms with Gasteiger partial charge in [0.2, 0.25) is 10.0 Å². The molecule has 0 aliphatic heterocycles. The molecule has 0 saturated heterocycles. The molecule has 2 N–H and O–H groups in total. The van der Waals surface area contributed by atoms with Crippen molar-refractivity contribution >= 4 is 54.5 Å². The third kappa shape index (κ3) is 12.9. The predicted molar refractivity (Wildman–Crippen MR) is 217 cm³/mol. The number of anilines is 2. The summed E-state index contributed by atoms with van der Waals surface area (Å²) >= 11 is 0. The zero-order valence-electron chi connectivity index (χ0n) is 33.6. The molecule has 0 saturated carbocycles. The molecule has 0 spiro atoms. The van der Waals surface area contributed by atoms with Crippen molar-refractivity contribution in [3.63, 3.8) is 0 Å². The molecule has 20 heteroatoms. The highest BCUT2D eigenvalue weighted by molar-refractivity contribution is 7.92. The summed E-state index contributed by atoms with van der Waals surface area (Å²) in [7, 11) is -3.91. The average molecular weight is 858 g/mol. The maximum atomic E-state index is 15.7. The van der Waals surface area contributed by atoms with Crippen LogP contribution in [0.1, 0.15) is 21.6 Å². The minimum Gasteiger partial charge on any atom is -0.497 e. The third-order valence-corrected chi connectivity index (χ3v) is 13.4. The van der Waals surface area contributed by atoms with Crippen LogP contribution < -0.4 is 19.1 Å². The van der Waals surface area contributed by atoms with E-state index in [0.717, 1.165) is 34.8 Å². The van der Waals surface area contributed by atoms with Gasteiger partial charge in [-0.3, -0.25) is 4.31 Å². The SMILES string of the molecule is COc1ccc(N(C)S(C)(=O)=O)c(CNc2nc(-c3cc(F)c(OCOCC[Si](C)(C)C)cc3CC(F)(F)F)cc3c2c(C(=O)O)nn3COCC[Si](C)(C)C)c1. The number of ether oxygens (including phenoxy) is 4. The number of hydrogen-bond acceptors (Lipinski definition) is 10. The highest BCUT2D eigenvalue weighted by Crippen LogP contribution is 2.38. The number of nitrogens with zero attached hydrogens (tertiary/aromatic N) is 4. The Morgan fingerprint density at radius 3 is 2.21 bits per heavy atom. The van der Waals surface area contributed by atoms with Crippen LogP contribution in [0.3, 0.4) is 0 Å². The summed E-state index contributed by atoms with van der Waals surface area (Å²) in [5.74, 6) is -2.58. The Morgan fingerprint density at radius 1 is 0.982 bits per heavy atom. The molecule has 57 heavy (non-hydrogen) atoms.